The standard InChI is InChI=1S/C18H24N4O2/c1-18(2,3)24-17(23)21-9-8-15(12-21)22(14-5-6-14)16-7-4-13(10-19)11-20-16/h4,7,11,14-15H,5-6,8-9,12H2,1-3H3/t15-/m1/s1. The Morgan fingerprint density at radius 3 is 2.62 bits per heavy atom. The van der Waals surface area contributed by atoms with Crippen molar-refractivity contribution in [3.63, 3.8) is 0 Å². The number of pyridine rings is 1. The van der Waals surface area contributed by atoms with Gasteiger partial charge in [-0.15, -0.1) is 0 Å². The number of carbonyl (C=O) groups excluding carboxylic acids is 1. The summed E-state index contributed by atoms with van der Waals surface area (Å²) in [4.78, 5) is 20.8. The molecule has 0 spiro atoms. The molecule has 1 aliphatic heterocycles. The van der Waals surface area contributed by atoms with Gasteiger partial charge in [0.05, 0.1) is 11.6 Å². The second-order valence-electron chi connectivity index (χ2n) is 7.52. The number of likely N-dealkylation sites (tertiary alicyclic amines) is 1. The first-order valence-corrected chi connectivity index (χ1v) is 8.50. The van der Waals surface area contributed by atoms with Crippen molar-refractivity contribution in [2.75, 3.05) is 18.0 Å². The van der Waals surface area contributed by atoms with Crippen LogP contribution in [0.1, 0.15) is 45.6 Å². The van der Waals surface area contributed by atoms with E-state index in [1.165, 1.54) is 0 Å². The highest BCUT2D eigenvalue weighted by Crippen LogP contribution is 2.35. The van der Waals surface area contributed by atoms with E-state index in [0.29, 0.717) is 24.7 Å². The highest BCUT2D eigenvalue weighted by molar-refractivity contribution is 5.68. The highest BCUT2D eigenvalue weighted by Gasteiger charge is 2.39. The number of rotatable bonds is 3. The summed E-state index contributed by atoms with van der Waals surface area (Å²) in [6.07, 6.45) is 4.60. The Hall–Kier alpha value is -2.29. The summed E-state index contributed by atoms with van der Waals surface area (Å²) in [6, 6.07) is 6.56. The van der Waals surface area contributed by atoms with Gasteiger partial charge in [0.1, 0.15) is 17.5 Å². The lowest BCUT2D eigenvalue weighted by atomic mass is 10.2. The van der Waals surface area contributed by atoms with E-state index in [1.54, 1.807) is 17.2 Å². The molecular weight excluding hydrogens is 304 g/mol. The SMILES string of the molecule is CC(C)(C)OC(=O)N1CC[C@@H](N(c2ccc(C#N)cn2)C2CC2)C1. The fourth-order valence-electron chi connectivity index (χ4n) is 3.09. The molecule has 1 aromatic rings. The summed E-state index contributed by atoms with van der Waals surface area (Å²) >= 11 is 0. The Morgan fingerprint density at radius 1 is 1.33 bits per heavy atom. The first-order chi connectivity index (χ1) is 11.4. The van der Waals surface area contributed by atoms with Gasteiger partial charge in [0.25, 0.3) is 0 Å². The van der Waals surface area contributed by atoms with Gasteiger partial charge in [0.2, 0.25) is 0 Å². The molecule has 6 heteroatoms. The van der Waals surface area contributed by atoms with Crippen LogP contribution < -0.4 is 4.90 Å². The Morgan fingerprint density at radius 2 is 2.08 bits per heavy atom. The molecule has 0 radical (unpaired) electrons. The van der Waals surface area contributed by atoms with E-state index in [0.717, 1.165) is 25.1 Å². The zero-order chi connectivity index (χ0) is 17.3. The van der Waals surface area contributed by atoms with Gasteiger partial charge >= 0.3 is 6.09 Å². The van der Waals surface area contributed by atoms with Gasteiger partial charge in [-0.1, -0.05) is 0 Å². The van der Waals surface area contributed by atoms with E-state index in [-0.39, 0.29) is 12.1 Å². The van der Waals surface area contributed by atoms with Gasteiger partial charge in [0, 0.05) is 25.3 Å². The van der Waals surface area contributed by atoms with E-state index in [1.807, 2.05) is 26.8 Å². The molecule has 0 bridgehead atoms. The Bertz CT molecular complexity index is 640. The molecule has 0 unspecified atom stereocenters. The Balaban J connectivity index is 1.69. The second-order valence-corrected chi connectivity index (χ2v) is 7.52. The van der Waals surface area contributed by atoms with Crippen molar-refractivity contribution in [2.24, 2.45) is 0 Å². The van der Waals surface area contributed by atoms with E-state index in [9.17, 15) is 4.79 Å². The molecule has 128 valence electrons. The third-order valence-corrected chi connectivity index (χ3v) is 4.29. The first kappa shape index (κ1) is 16.6. The smallest absolute Gasteiger partial charge is 0.410 e. The van der Waals surface area contributed by atoms with Crippen molar-refractivity contribution < 1.29 is 9.53 Å². The number of carbonyl (C=O) groups is 1. The maximum Gasteiger partial charge on any atom is 0.410 e. The molecule has 1 aromatic heterocycles. The molecule has 1 saturated heterocycles. The first-order valence-electron chi connectivity index (χ1n) is 8.50. The van der Waals surface area contributed by atoms with Crippen LogP contribution in [0.5, 0.6) is 0 Å². The number of amides is 1. The monoisotopic (exact) mass is 328 g/mol. The Labute approximate surface area is 143 Å². The zero-order valence-electron chi connectivity index (χ0n) is 14.5. The normalized spacial score (nSPS) is 20.6. The summed E-state index contributed by atoms with van der Waals surface area (Å²) in [7, 11) is 0. The van der Waals surface area contributed by atoms with Gasteiger partial charge < -0.3 is 14.5 Å². The van der Waals surface area contributed by atoms with E-state index in [4.69, 9.17) is 10.00 Å². The summed E-state index contributed by atoms with van der Waals surface area (Å²) < 4.78 is 5.48. The molecule has 24 heavy (non-hydrogen) atoms. The minimum absolute atomic E-state index is 0.242. The molecule has 3 rings (SSSR count). The molecule has 0 aromatic carbocycles. The van der Waals surface area contributed by atoms with Crippen LogP contribution in [-0.2, 0) is 4.74 Å². The van der Waals surface area contributed by atoms with Gasteiger partial charge in [0.15, 0.2) is 0 Å². The Kier molecular flexibility index (Phi) is 4.35. The minimum Gasteiger partial charge on any atom is -0.444 e. The van der Waals surface area contributed by atoms with Crippen LogP contribution in [0.3, 0.4) is 0 Å². The van der Waals surface area contributed by atoms with Crippen LogP contribution >= 0.6 is 0 Å². The molecule has 6 nitrogen and oxygen atoms in total. The van der Waals surface area contributed by atoms with Crippen LogP contribution in [0.25, 0.3) is 0 Å². The summed E-state index contributed by atoms with van der Waals surface area (Å²) in [5.74, 6) is 0.896. The lowest BCUT2D eigenvalue weighted by Gasteiger charge is -2.30. The molecule has 2 aliphatic rings. The molecule has 0 N–H and O–H groups in total. The van der Waals surface area contributed by atoms with Crippen molar-refractivity contribution >= 4 is 11.9 Å². The number of ether oxygens (including phenoxy) is 1. The average molecular weight is 328 g/mol. The van der Waals surface area contributed by atoms with Gasteiger partial charge in [-0.2, -0.15) is 5.26 Å². The lowest BCUT2D eigenvalue weighted by Crippen LogP contribution is -2.42. The fraction of sp³-hybridized carbons (Fsp3) is 0.611. The largest absolute Gasteiger partial charge is 0.444 e. The van der Waals surface area contributed by atoms with Crippen LogP contribution in [0, 0.1) is 11.3 Å². The van der Waals surface area contributed by atoms with Gasteiger partial charge in [-0.05, 0) is 52.2 Å². The summed E-state index contributed by atoms with van der Waals surface area (Å²) in [6.45, 7) is 7.02. The molecule has 2 heterocycles. The topological polar surface area (TPSA) is 69.5 Å². The average Bonchev–Trinajstić information content (AvgIpc) is 3.22. The third kappa shape index (κ3) is 3.78. The molecule has 1 atom stereocenters. The third-order valence-electron chi connectivity index (χ3n) is 4.29. The number of aromatic nitrogens is 1. The van der Waals surface area contributed by atoms with Crippen molar-refractivity contribution in [1.82, 2.24) is 9.88 Å². The number of hydrogen-bond acceptors (Lipinski definition) is 5. The fourth-order valence-corrected chi connectivity index (χ4v) is 3.09. The maximum absolute atomic E-state index is 12.3. The van der Waals surface area contributed by atoms with Crippen molar-refractivity contribution in [1.29, 1.82) is 5.26 Å². The van der Waals surface area contributed by atoms with E-state index < -0.39 is 5.60 Å². The van der Waals surface area contributed by atoms with Crippen LogP contribution in [-0.4, -0.2) is 46.8 Å². The second kappa shape index (κ2) is 6.31. The summed E-state index contributed by atoms with van der Waals surface area (Å²) in [5, 5.41) is 8.93. The predicted molar refractivity (Wildman–Crippen MR) is 90.7 cm³/mol. The number of hydrogen-bond donors (Lipinski definition) is 0. The molecule has 2 fully saturated rings. The van der Waals surface area contributed by atoms with Crippen LogP contribution in [0.15, 0.2) is 18.3 Å². The maximum atomic E-state index is 12.3. The quantitative estimate of drug-likeness (QED) is 0.853. The molecule has 1 saturated carbocycles. The number of anilines is 1. The lowest BCUT2D eigenvalue weighted by molar-refractivity contribution is 0.0292. The summed E-state index contributed by atoms with van der Waals surface area (Å²) in [5.41, 5.74) is 0.0938. The molecule has 1 aliphatic carbocycles. The molecular formula is C18H24N4O2. The van der Waals surface area contributed by atoms with Crippen LogP contribution in [0.2, 0.25) is 0 Å². The van der Waals surface area contributed by atoms with Crippen molar-refractivity contribution in [3.8, 4) is 6.07 Å². The van der Waals surface area contributed by atoms with Crippen LogP contribution in [0.4, 0.5) is 10.6 Å². The minimum atomic E-state index is -0.472. The van der Waals surface area contributed by atoms with Gasteiger partial charge in [-0.25, -0.2) is 9.78 Å². The van der Waals surface area contributed by atoms with Crippen molar-refractivity contribution in [3.05, 3.63) is 23.9 Å². The van der Waals surface area contributed by atoms with Gasteiger partial charge in [-0.3, -0.25) is 0 Å². The molecule has 1 amide bonds. The van der Waals surface area contributed by atoms with E-state index >= 15 is 0 Å². The van der Waals surface area contributed by atoms with Crippen molar-refractivity contribution in [2.45, 2.75) is 57.7 Å². The van der Waals surface area contributed by atoms with E-state index in [2.05, 4.69) is 16.0 Å². The number of nitriles is 1. The predicted octanol–water partition coefficient (Wildman–Crippen LogP) is 2.93. The highest BCUT2D eigenvalue weighted by atomic mass is 16.6. The number of nitrogens with zero attached hydrogens (tertiary/aromatic N) is 4. The zero-order valence-corrected chi connectivity index (χ0v) is 14.5.